The second-order valence-corrected chi connectivity index (χ2v) is 14.1. The Hall–Kier alpha value is -2.89. The molecule has 0 aromatic heterocycles. The summed E-state index contributed by atoms with van der Waals surface area (Å²) < 4.78 is 3.88. The van der Waals surface area contributed by atoms with Crippen LogP contribution in [0.4, 0.5) is 0 Å². The van der Waals surface area contributed by atoms with Crippen molar-refractivity contribution in [2.45, 2.75) is 5.21 Å². The topological polar surface area (TPSA) is 17.1 Å². The van der Waals surface area contributed by atoms with Crippen LogP contribution in [0, 0.1) is 0 Å². The Labute approximate surface area is 169 Å². The second-order valence-electron chi connectivity index (χ2n) is 6.76. The van der Waals surface area contributed by atoms with E-state index in [9.17, 15) is 4.79 Å². The molecule has 136 valence electrons. The molecular formula is C26H22AsO+. The summed E-state index contributed by atoms with van der Waals surface area (Å²) in [6.45, 7) is 0. The van der Waals surface area contributed by atoms with Crippen molar-refractivity contribution >= 4 is 32.4 Å². The summed E-state index contributed by atoms with van der Waals surface area (Å²) in [4.78, 5) is 13.4. The van der Waals surface area contributed by atoms with Crippen LogP contribution in [0.25, 0.3) is 0 Å². The molecule has 0 atom stereocenters. The van der Waals surface area contributed by atoms with Crippen molar-refractivity contribution in [1.82, 2.24) is 0 Å². The fourth-order valence-electron chi connectivity index (χ4n) is 3.70. The van der Waals surface area contributed by atoms with Gasteiger partial charge in [-0.25, -0.2) is 0 Å². The summed E-state index contributed by atoms with van der Waals surface area (Å²) in [6, 6.07) is 41.5. The number of carbonyl (C=O) groups excluding carboxylic acids is 1. The molecule has 4 aromatic carbocycles. The van der Waals surface area contributed by atoms with E-state index in [4.69, 9.17) is 0 Å². The predicted molar refractivity (Wildman–Crippen MR) is 120 cm³/mol. The Bertz CT molecular complexity index is 932. The van der Waals surface area contributed by atoms with Crippen molar-refractivity contribution in [3.63, 3.8) is 0 Å². The van der Waals surface area contributed by atoms with Crippen LogP contribution in [0.5, 0.6) is 0 Å². The third-order valence-corrected chi connectivity index (χ3v) is 14.1. The van der Waals surface area contributed by atoms with Crippen molar-refractivity contribution in [2.75, 3.05) is 0 Å². The van der Waals surface area contributed by atoms with Crippen LogP contribution < -0.4 is 13.1 Å². The fraction of sp³-hybridized carbons (Fsp3) is 0.0385. The molecule has 28 heavy (non-hydrogen) atoms. The van der Waals surface area contributed by atoms with E-state index < -0.39 is 13.6 Å². The molecule has 0 fully saturated rings. The van der Waals surface area contributed by atoms with Crippen molar-refractivity contribution in [2.24, 2.45) is 0 Å². The van der Waals surface area contributed by atoms with Crippen LogP contribution in [0.1, 0.15) is 10.4 Å². The number of carbonyl (C=O) groups is 1. The quantitative estimate of drug-likeness (QED) is 0.337. The summed E-state index contributed by atoms with van der Waals surface area (Å²) >= 11 is -2.99. The molecule has 0 saturated heterocycles. The van der Waals surface area contributed by atoms with Gasteiger partial charge in [-0.3, -0.25) is 0 Å². The minimum atomic E-state index is -2.99. The van der Waals surface area contributed by atoms with Crippen LogP contribution in [0.3, 0.4) is 0 Å². The second kappa shape index (κ2) is 8.42. The van der Waals surface area contributed by atoms with Gasteiger partial charge in [0.05, 0.1) is 0 Å². The molecule has 2 heteroatoms. The standard InChI is InChI=1S/C26H22AsO/c28-26(22-13-5-1-6-14-22)21-27(23-15-7-2-8-16-23,24-17-9-3-10-18-24)25-19-11-4-12-20-25/h1-20H,21H2/q+1. The summed E-state index contributed by atoms with van der Waals surface area (Å²) in [5.74, 6) is 0.213. The van der Waals surface area contributed by atoms with E-state index in [1.165, 1.54) is 13.1 Å². The number of rotatable bonds is 6. The average molecular weight is 425 g/mol. The third-order valence-electron chi connectivity index (χ3n) is 5.07. The molecule has 0 N–H and O–H groups in total. The third kappa shape index (κ3) is 3.59. The Morgan fingerprint density at radius 3 is 1.18 bits per heavy atom. The molecule has 1 nitrogen and oxygen atoms in total. The monoisotopic (exact) mass is 425 g/mol. The van der Waals surface area contributed by atoms with Gasteiger partial charge in [0, 0.05) is 0 Å². The minimum absolute atomic E-state index is 0.213. The number of Topliss-reactive ketones (excluding diaryl/α,β-unsaturated/α-hetero) is 1. The van der Waals surface area contributed by atoms with Crippen molar-refractivity contribution in [3.8, 4) is 0 Å². The fourth-order valence-corrected chi connectivity index (χ4v) is 12.3. The van der Waals surface area contributed by atoms with Crippen LogP contribution in [0.15, 0.2) is 121 Å². The van der Waals surface area contributed by atoms with Crippen LogP contribution in [0.2, 0.25) is 5.21 Å². The maximum atomic E-state index is 13.4. The molecule has 0 heterocycles. The van der Waals surface area contributed by atoms with Gasteiger partial charge in [-0.15, -0.1) is 0 Å². The Kier molecular flexibility index (Phi) is 5.55. The molecule has 4 aromatic rings. The molecule has 0 spiro atoms. The summed E-state index contributed by atoms with van der Waals surface area (Å²) in [5.41, 5.74) is 0.788. The first-order chi connectivity index (χ1) is 13.8. The van der Waals surface area contributed by atoms with Gasteiger partial charge in [0.25, 0.3) is 0 Å². The Morgan fingerprint density at radius 2 is 0.821 bits per heavy atom. The molecule has 0 aliphatic carbocycles. The molecule has 4 rings (SSSR count). The zero-order valence-corrected chi connectivity index (χ0v) is 17.5. The molecule has 0 aliphatic heterocycles. The molecule has 0 radical (unpaired) electrons. The van der Waals surface area contributed by atoms with Gasteiger partial charge < -0.3 is 0 Å². The first kappa shape index (κ1) is 18.5. The summed E-state index contributed by atoms with van der Waals surface area (Å²) in [6.07, 6.45) is 0. The van der Waals surface area contributed by atoms with Crippen LogP contribution >= 0.6 is 0 Å². The first-order valence-electron chi connectivity index (χ1n) is 9.44. The Balaban J connectivity index is 1.95. The molecule has 0 unspecified atom stereocenters. The molecule has 0 aliphatic rings. The van der Waals surface area contributed by atoms with E-state index in [2.05, 4.69) is 72.8 Å². The van der Waals surface area contributed by atoms with Crippen molar-refractivity contribution < 1.29 is 4.79 Å². The van der Waals surface area contributed by atoms with Gasteiger partial charge in [-0.1, -0.05) is 0 Å². The normalized spacial score (nSPS) is 11.1. The number of benzene rings is 4. The zero-order chi connectivity index (χ0) is 19.2. The number of ketones is 1. The summed E-state index contributed by atoms with van der Waals surface area (Å²) in [7, 11) is 0. The van der Waals surface area contributed by atoms with E-state index >= 15 is 0 Å². The first-order valence-corrected chi connectivity index (χ1v) is 13.6. The molecular weight excluding hydrogens is 403 g/mol. The van der Waals surface area contributed by atoms with Crippen molar-refractivity contribution in [3.05, 3.63) is 127 Å². The molecule has 0 bridgehead atoms. The van der Waals surface area contributed by atoms with Gasteiger partial charge in [-0.2, -0.15) is 0 Å². The van der Waals surface area contributed by atoms with E-state index in [0.29, 0.717) is 5.21 Å². The van der Waals surface area contributed by atoms with E-state index in [0.717, 1.165) is 5.56 Å². The van der Waals surface area contributed by atoms with Gasteiger partial charge in [0.1, 0.15) is 0 Å². The van der Waals surface area contributed by atoms with E-state index in [-0.39, 0.29) is 5.78 Å². The van der Waals surface area contributed by atoms with Crippen LogP contribution in [-0.4, -0.2) is 19.3 Å². The van der Waals surface area contributed by atoms with Gasteiger partial charge in [0.2, 0.25) is 0 Å². The van der Waals surface area contributed by atoms with Gasteiger partial charge in [-0.05, 0) is 0 Å². The SMILES string of the molecule is O=C(C[As+](c1ccccc1)(c1ccccc1)c1ccccc1)c1ccccc1. The van der Waals surface area contributed by atoms with Gasteiger partial charge in [0.15, 0.2) is 0 Å². The zero-order valence-electron chi connectivity index (χ0n) is 15.6. The average Bonchev–Trinajstić information content (AvgIpc) is 2.80. The van der Waals surface area contributed by atoms with Gasteiger partial charge >= 0.3 is 169 Å². The molecule has 0 amide bonds. The number of hydrogen-bond acceptors (Lipinski definition) is 1. The number of hydrogen-bond donors (Lipinski definition) is 0. The molecule has 0 saturated carbocycles. The van der Waals surface area contributed by atoms with Crippen molar-refractivity contribution in [1.29, 1.82) is 0 Å². The van der Waals surface area contributed by atoms with E-state index in [1.807, 2.05) is 48.5 Å². The predicted octanol–water partition coefficient (Wildman–Crippen LogP) is 4.04. The summed E-state index contributed by atoms with van der Waals surface area (Å²) in [5, 5.41) is 0.542. The Morgan fingerprint density at radius 1 is 0.500 bits per heavy atom. The van der Waals surface area contributed by atoms with Crippen LogP contribution in [-0.2, 0) is 0 Å². The maximum absolute atomic E-state index is 13.4. The van der Waals surface area contributed by atoms with E-state index in [1.54, 1.807) is 0 Å².